The molecule has 0 radical (unpaired) electrons. The summed E-state index contributed by atoms with van der Waals surface area (Å²) >= 11 is 12.3. The molecule has 4 rings (SSSR count). The van der Waals surface area contributed by atoms with E-state index in [9.17, 15) is 24.3 Å². The van der Waals surface area contributed by atoms with Gasteiger partial charge in [-0.3, -0.25) is 14.4 Å². The van der Waals surface area contributed by atoms with E-state index in [1.165, 1.54) is 18.2 Å². The van der Waals surface area contributed by atoms with Crippen LogP contribution in [0.15, 0.2) is 77.5 Å². The standard InChI is InChI=1S/C26H19Cl2N3O5/c1-14-18(27)6-4-8-20(14)31-24(33)22(28)23(25(31)34)29-16-11-9-15(10-12-16)13-21(32)30-19-7-3-2-5-17(19)26(35)36/h2-12,29H,13H2,1H3,(H,30,32)(H,35,36)/p-1. The van der Waals surface area contributed by atoms with E-state index >= 15 is 0 Å². The number of nitrogens with zero attached hydrogens (tertiary/aromatic N) is 1. The fourth-order valence-corrected chi connectivity index (χ4v) is 4.05. The van der Waals surface area contributed by atoms with E-state index in [0.717, 1.165) is 4.90 Å². The van der Waals surface area contributed by atoms with Gasteiger partial charge in [0.2, 0.25) is 5.91 Å². The molecule has 8 nitrogen and oxygen atoms in total. The molecule has 36 heavy (non-hydrogen) atoms. The van der Waals surface area contributed by atoms with Gasteiger partial charge >= 0.3 is 0 Å². The Kier molecular flexibility index (Phi) is 7.10. The molecule has 0 aromatic heterocycles. The fourth-order valence-electron chi connectivity index (χ4n) is 3.67. The van der Waals surface area contributed by atoms with Crippen molar-refractivity contribution < 1.29 is 24.3 Å². The van der Waals surface area contributed by atoms with Crippen molar-refractivity contribution in [3.63, 3.8) is 0 Å². The Morgan fingerprint density at radius 3 is 2.31 bits per heavy atom. The second-order valence-corrected chi connectivity index (χ2v) is 8.68. The lowest BCUT2D eigenvalue weighted by Crippen LogP contribution is -2.32. The number of aromatic carboxylic acids is 1. The molecule has 3 amide bonds. The molecule has 0 saturated carbocycles. The van der Waals surface area contributed by atoms with Crippen molar-refractivity contribution in [1.29, 1.82) is 0 Å². The van der Waals surface area contributed by atoms with E-state index in [1.54, 1.807) is 55.5 Å². The second-order valence-electron chi connectivity index (χ2n) is 7.90. The SMILES string of the molecule is Cc1c(Cl)cccc1N1C(=O)C(Cl)=C(Nc2ccc(CC(=O)Nc3ccccc3C(=O)[O-])cc2)C1=O. The number of carboxylic acid groups (broad SMARTS) is 1. The number of hydrogen-bond donors (Lipinski definition) is 2. The number of amides is 3. The summed E-state index contributed by atoms with van der Waals surface area (Å²) in [6, 6.07) is 17.4. The summed E-state index contributed by atoms with van der Waals surface area (Å²) < 4.78 is 0. The maximum atomic E-state index is 13.0. The molecule has 10 heteroatoms. The molecule has 0 bridgehead atoms. The summed E-state index contributed by atoms with van der Waals surface area (Å²) in [4.78, 5) is 50.3. The average Bonchev–Trinajstić information content (AvgIpc) is 3.05. The first-order valence-electron chi connectivity index (χ1n) is 10.7. The molecule has 1 heterocycles. The zero-order valence-electron chi connectivity index (χ0n) is 18.8. The number of carboxylic acids is 1. The van der Waals surface area contributed by atoms with Crippen LogP contribution >= 0.6 is 23.2 Å². The molecule has 1 aliphatic heterocycles. The number of benzene rings is 3. The Morgan fingerprint density at radius 2 is 1.61 bits per heavy atom. The van der Waals surface area contributed by atoms with Gasteiger partial charge in [-0.05, 0) is 48.4 Å². The Morgan fingerprint density at radius 1 is 0.917 bits per heavy atom. The smallest absolute Gasteiger partial charge is 0.283 e. The minimum absolute atomic E-state index is 0.0235. The van der Waals surface area contributed by atoms with Gasteiger partial charge in [-0.25, -0.2) is 4.90 Å². The monoisotopic (exact) mass is 522 g/mol. The Hall–Kier alpha value is -4.14. The number of hydrogen-bond acceptors (Lipinski definition) is 6. The van der Waals surface area contributed by atoms with Crippen LogP contribution in [0.4, 0.5) is 17.1 Å². The molecule has 0 atom stereocenters. The summed E-state index contributed by atoms with van der Waals surface area (Å²) in [6.07, 6.45) is -0.0235. The highest BCUT2D eigenvalue weighted by molar-refractivity contribution is 6.53. The van der Waals surface area contributed by atoms with Crippen molar-refractivity contribution in [1.82, 2.24) is 0 Å². The largest absolute Gasteiger partial charge is 0.545 e. The maximum Gasteiger partial charge on any atom is 0.283 e. The number of carbonyl (C=O) groups excluding carboxylic acids is 4. The fraction of sp³-hybridized carbons (Fsp3) is 0.0769. The lowest BCUT2D eigenvalue weighted by atomic mass is 10.1. The highest BCUT2D eigenvalue weighted by Gasteiger charge is 2.39. The van der Waals surface area contributed by atoms with Crippen LogP contribution in [0.5, 0.6) is 0 Å². The third-order valence-corrected chi connectivity index (χ3v) is 6.28. The summed E-state index contributed by atoms with van der Waals surface area (Å²) in [5.41, 5.74) is 1.96. The van der Waals surface area contributed by atoms with Crippen molar-refractivity contribution in [3.8, 4) is 0 Å². The third kappa shape index (κ3) is 4.95. The first kappa shape index (κ1) is 25.0. The van der Waals surface area contributed by atoms with Crippen LogP contribution in [0, 0.1) is 6.92 Å². The summed E-state index contributed by atoms with van der Waals surface area (Å²) in [7, 11) is 0. The molecule has 182 valence electrons. The number of carbonyl (C=O) groups is 4. The predicted molar refractivity (Wildman–Crippen MR) is 135 cm³/mol. The molecule has 3 aromatic carbocycles. The molecule has 3 aromatic rings. The molecule has 0 spiro atoms. The van der Waals surface area contributed by atoms with Crippen LogP contribution in [0.25, 0.3) is 0 Å². The van der Waals surface area contributed by atoms with Crippen LogP contribution in [-0.4, -0.2) is 23.7 Å². The lowest BCUT2D eigenvalue weighted by molar-refractivity contribution is -0.254. The highest BCUT2D eigenvalue weighted by Crippen LogP contribution is 2.34. The van der Waals surface area contributed by atoms with Gasteiger partial charge in [0, 0.05) is 22.0 Å². The van der Waals surface area contributed by atoms with Gasteiger partial charge in [-0.1, -0.05) is 59.6 Å². The van der Waals surface area contributed by atoms with Crippen LogP contribution in [0.3, 0.4) is 0 Å². The quantitative estimate of drug-likeness (QED) is 0.457. The topological polar surface area (TPSA) is 119 Å². The highest BCUT2D eigenvalue weighted by atomic mass is 35.5. The van der Waals surface area contributed by atoms with Gasteiger partial charge < -0.3 is 20.5 Å². The molecular weight excluding hydrogens is 505 g/mol. The van der Waals surface area contributed by atoms with E-state index in [4.69, 9.17) is 23.2 Å². The van der Waals surface area contributed by atoms with Gasteiger partial charge in [0.15, 0.2) is 0 Å². The minimum Gasteiger partial charge on any atom is -0.545 e. The first-order valence-corrected chi connectivity index (χ1v) is 11.4. The summed E-state index contributed by atoms with van der Waals surface area (Å²) in [5, 5.41) is 16.8. The average molecular weight is 523 g/mol. The molecular formula is C26H18Cl2N3O5-. The van der Waals surface area contributed by atoms with E-state index in [1.807, 2.05) is 0 Å². The zero-order chi connectivity index (χ0) is 26.0. The lowest BCUT2D eigenvalue weighted by Gasteiger charge is -2.18. The van der Waals surface area contributed by atoms with Gasteiger partial charge in [-0.2, -0.15) is 0 Å². The molecule has 0 aliphatic carbocycles. The van der Waals surface area contributed by atoms with Gasteiger partial charge in [0.1, 0.15) is 10.7 Å². The van der Waals surface area contributed by atoms with Crippen molar-refractivity contribution in [2.24, 2.45) is 0 Å². The van der Waals surface area contributed by atoms with E-state index in [0.29, 0.717) is 27.5 Å². The first-order chi connectivity index (χ1) is 17.2. The molecule has 2 N–H and O–H groups in total. The predicted octanol–water partition coefficient (Wildman–Crippen LogP) is 3.63. The Balaban J connectivity index is 1.45. The van der Waals surface area contributed by atoms with Crippen LogP contribution in [-0.2, 0) is 20.8 Å². The second kappa shape index (κ2) is 10.2. The Bertz CT molecular complexity index is 1430. The van der Waals surface area contributed by atoms with Crippen LogP contribution in [0.1, 0.15) is 21.5 Å². The van der Waals surface area contributed by atoms with E-state index in [2.05, 4.69) is 10.6 Å². The number of para-hydroxylation sites is 1. The van der Waals surface area contributed by atoms with E-state index in [-0.39, 0.29) is 28.4 Å². The number of anilines is 3. The third-order valence-electron chi connectivity index (χ3n) is 5.52. The summed E-state index contributed by atoms with van der Waals surface area (Å²) in [5.74, 6) is -3.09. The number of halogens is 2. The van der Waals surface area contributed by atoms with Crippen molar-refractivity contribution in [2.45, 2.75) is 13.3 Å². The number of nitrogens with one attached hydrogen (secondary N) is 2. The summed E-state index contributed by atoms with van der Waals surface area (Å²) in [6.45, 7) is 1.70. The molecule has 0 unspecified atom stereocenters. The van der Waals surface area contributed by atoms with Crippen LogP contribution in [0.2, 0.25) is 5.02 Å². The van der Waals surface area contributed by atoms with Crippen molar-refractivity contribution in [2.75, 3.05) is 15.5 Å². The van der Waals surface area contributed by atoms with Gasteiger partial charge in [0.25, 0.3) is 11.8 Å². The maximum absolute atomic E-state index is 13.0. The minimum atomic E-state index is -1.39. The number of imide groups is 1. The van der Waals surface area contributed by atoms with Crippen molar-refractivity contribution in [3.05, 3.63) is 99.2 Å². The normalized spacial score (nSPS) is 13.2. The molecule has 0 fully saturated rings. The Labute approximate surface area is 216 Å². The zero-order valence-corrected chi connectivity index (χ0v) is 20.3. The van der Waals surface area contributed by atoms with E-state index < -0.39 is 23.7 Å². The van der Waals surface area contributed by atoms with Crippen molar-refractivity contribution >= 4 is 64.0 Å². The molecule has 1 aliphatic rings. The van der Waals surface area contributed by atoms with Gasteiger partial charge in [-0.15, -0.1) is 0 Å². The number of rotatable bonds is 7. The van der Waals surface area contributed by atoms with Gasteiger partial charge in [0.05, 0.1) is 18.1 Å². The molecule has 0 saturated heterocycles. The van der Waals surface area contributed by atoms with Crippen LogP contribution < -0.4 is 20.6 Å².